The van der Waals surface area contributed by atoms with Gasteiger partial charge in [0.05, 0.1) is 0 Å². The van der Waals surface area contributed by atoms with E-state index < -0.39 is 0 Å². The lowest BCUT2D eigenvalue weighted by atomic mass is 10.1. The fourth-order valence-electron chi connectivity index (χ4n) is 3.11. The zero-order valence-corrected chi connectivity index (χ0v) is 16.4. The van der Waals surface area contributed by atoms with Gasteiger partial charge in [0.15, 0.2) is 0 Å². The minimum Gasteiger partial charge on any atom is -0.489 e. The first-order valence-corrected chi connectivity index (χ1v) is 9.90. The van der Waals surface area contributed by atoms with E-state index in [0.717, 1.165) is 35.2 Å². The van der Waals surface area contributed by atoms with Gasteiger partial charge in [0, 0.05) is 22.9 Å². The van der Waals surface area contributed by atoms with Crippen LogP contribution in [0.4, 0.5) is 0 Å². The monoisotopic (exact) mass is 416 g/mol. The largest absolute Gasteiger partial charge is 0.489 e. The first-order valence-electron chi connectivity index (χ1n) is 9.11. The summed E-state index contributed by atoms with van der Waals surface area (Å²) in [4.78, 5) is 10.7. The maximum absolute atomic E-state index is 10.7. The molecule has 0 radical (unpaired) electrons. The molecule has 0 aromatic heterocycles. The molecule has 1 fully saturated rings. The van der Waals surface area contributed by atoms with E-state index in [9.17, 15) is 4.79 Å². The third-order valence-electron chi connectivity index (χ3n) is 4.65. The molecule has 1 saturated carbocycles. The molecular formula is C21H25BrN2O2. The van der Waals surface area contributed by atoms with Crippen molar-refractivity contribution in [1.29, 1.82) is 0 Å². The topological polar surface area (TPSA) is 64.4 Å². The molecule has 2 atom stereocenters. The summed E-state index contributed by atoms with van der Waals surface area (Å²) in [5.74, 6) is 1.27. The summed E-state index contributed by atoms with van der Waals surface area (Å²) < 4.78 is 6.93. The highest BCUT2D eigenvalue weighted by molar-refractivity contribution is 9.10. The van der Waals surface area contributed by atoms with Gasteiger partial charge in [0.1, 0.15) is 12.4 Å². The molecule has 0 heterocycles. The Hall–Kier alpha value is -1.85. The Morgan fingerprint density at radius 3 is 2.73 bits per heavy atom. The summed E-state index contributed by atoms with van der Waals surface area (Å²) in [5.41, 5.74) is 7.65. The second kappa shape index (κ2) is 9.19. The Kier molecular flexibility index (Phi) is 6.69. The van der Waals surface area contributed by atoms with Crippen LogP contribution in [-0.4, -0.2) is 18.5 Å². The third kappa shape index (κ3) is 5.85. The Morgan fingerprint density at radius 2 is 2.00 bits per heavy atom. The molecule has 0 bridgehead atoms. The Labute approximate surface area is 163 Å². The van der Waals surface area contributed by atoms with E-state index in [1.807, 2.05) is 12.1 Å². The molecule has 1 aliphatic carbocycles. The number of nitrogens with one attached hydrogen (secondary N) is 1. The van der Waals surface area contributed by atoms with Gasteiger partial charge < -0.3 is 15.8 Å². The Morgan fingerprint density at radius 1 is 1.19 bits per heavy atom. The van der Waals surface area contributed by atoms with Crippen LogP contribution >= 0.6 is 15.9 Å². The molecule has 26 heavy (non-hydrogen) atoms. The van der Waals surface area contributed by atoms with Crippen molar-refractivity contribution in [2.45, 2.75) is 44.2 Å². The number of unbranched alkanes of at least 4 members (excludes halogenated alkanes) is 1. The van der Waals surface area contributed by atoms with Crippen LogP contribution in [0.2, 0.25) is 0 Å². The van der Waals surface area contributed by atoms with Crippen LogP contribution in [0.25, 0.3) is 0 Å². The average molecular weight is 417 g/mol. The zero-order chi connectivity index (χ0) is 18.4. The standard InChI is InChI=1S/C21H25BrN2O2/c22-17-5-3-4-15(12-17)14-26-18-9-7-16(8-10-18)19-13-20(19)24-11-2-1-6-21(23)25/h3-5,7-10,12,19-20,24H,1-2,6,11,13-14H2,(H2,23,25). The van der Waals surface area contributed by atoms with Crippen molar-refractivity contribution < 1.29 is 9.53 Å². The zero-order valence-electron chi connectivity index (χ0n) is 14.8. The quantitative estimate of drug-likeness (QED) is 0.572. The lowest BCUT2D eigenvalue weighted by Crippen LogP contribution is -2.19. The van der Waals surface area contributed by atoms with Gasteiger partial charge in [-0.1, -0.05) is 40.2 Å². The normalized spacial score (nSPS) is 18.5. The minimum absolute atomic E-state index is 0.212. The van der Waals surface area contributed by atoms with E-state index in [1.54, 1.807) is 0 Å². The number of rotatable bonds is 10. The molecule has 0 saturated heterocycles. The number of carbonyl (C=O) groups excluding carboxylic acids is 1. The van der Waals surface area contributed by atoms with Gasteiger partial charge >= 0.3 is 0 Å². The van der Waals surface area contributed by atoms with Crippen LogP contribution in [0.5, 0.6) is 5.75 Å². The molecule has 1 amide bonds. The van der Waals surface area contributed by atoms with Crippen LogP contribution in [0.3, 0.4) is 0 Å². The number of hydrogen-bond acceptors (Lipinski definition) is 3. The summed E-state index contributed by atoms with van der Waals surface area (Å²) in [6.45, 7) is 1.51. The maximum atomic E-state index is 10.7. The molecule has 1 aliphatic rings. The van der Waals surface area contributed by atoms with Gasteiger partial charge in [0.2, 0.25) is 5.91 Å². The molecule has 5 heteroatoms. The Bertz CT molecular complexity index is 733. The molecule has 3 rings (SSSR count). The minimum atomic E-state index is -0.212. The predicted octanol–water partition coefficient (Wildman–Crippen LogP) is 4.13. The number of halogens is 1. The SMILES string of the molecule is NC(=O)CCCCNC1CC1c1ccc(OCc2cccc(Br)c2)cc1. The van der Waals surface area contributed by atoms with E-state index in [2.05, 4.69) is 57.6 Å². The van der Waals surface area contributed by atoms with Crippen LogP contribution in [0.15, 0.2) is 53.0 Å². The lowest BCUT2D eigenvalue weighted by Gasteiger charge is -2.08. The Balaban J connectivity index is 1.39. The fourth-order valence-corrected chi connectivity index (χ4v) is 3.55. The molecule has 138 valence electrons. The van der Waals surface area contributed by atoms with Crippen molar-refractivity contribution in [2.24, 2.45) is 5.73 Å². The number of nitrogens with two attached hydrogens (primary N) is 1. The molecule has 0 aliphatic heterocycles. The highest BCUT2D eigenvalue weighted by Gasteiger charge is 2.37. The molecule has 2 aromatic carbocycles. The molecule has 3 N–H and O–H groups in total. The van der Waals surface area contributed by atoms with Crippen molar-refractivity contribution in [3.63, 3.8) is 0 Å². The number of primary amides is 1. The van der Waals surface area contributed by atoms with Crippen molar-refractivity contribution in [3.05, 3.63) is 64.1 Å². The average Bonchev–Trinajstić information content (AvgIpc) is 3.39. The van der Waals surface area contributed by atoms with E-state index >= 15 is 0 Å². The summed E-state index contributed by atoms with van der Waals surface area (Å²) in [6.07, 6.45) is 3.52. The first-order chi connectivity index (χ1) is 12.6. The van der Waals surface area contributed by atoms with Gasteiger partial charge in [-0.2, -0.15) is 0 Å². The first kappa shape index (κ1) is 18.9. The van der Waals surface area contributed by atoms with Crippen LogP contribution < -0.4 is 15.8 Å². The summed E-state index contributed by atoms with van der Waals surface area (Å²) >= 11 is 3.48. The second-order valence-corrected chi connectivity index (χ2v) is 7.73. The van der Waals surface area contributed by atoms with Crippen molar-refractivity contribution in [2.75, 3.05) is 6.54 Å². The molecule has 4 nitrogen and oxygen atoms in total. The van der Waals surface area contributed by atoms with Crippen molar-refractivity contribution >= 4 is 21.8 Å². The van der Waals surface area contributed by atoms with Crippen LogP contribution in [0, 0.1) is 0 Å². The van der Waals surface area contributed by atoms with E-state index in [4.69, 9.17) is 10.5 Å². The molecule has 0 spiro atoms. The van der Waals surface area contributed by atoms with Gasteiger partial charge in [-0.15, -0.1) is 0 Å². The van der Waals surface area contributed by atoms with Crippen molar-refractivity contribution in [3.8, 4) is 5.75 Å². The summed E-state index contributed by atoms with van der Waals surface area (Å²) in [5, 5.41) is 3.56. The van der Waals surface area contributed by atoms with Gasteiger partial charge in [0.25, 0.3) is 0 Å². The van der Waals surface area contributed by atoms with Crippen molar-refractivity contribution in [1.82, 2.24) is 5.32 Å². The second-order valence-electron chi connectivity index (χ2n) is 6.81. The fraction of sp³-hybridized carbons (Fsp3) is 0.381. The number of benzene rings is 2. The third-order valence-corrected chi connectivity index (χ3v) is 5.14. The number of amides is 1. The summed E-state index contributed by atoms with van der Waals surface area (Å²) in [7, 11) is 0. The number of hydrogen-bond donors (Lipinski definition) is 2. The molecule has 2 unspecified atom stereocenters. The molecule has 2 aromatic rings. The number of ether oxygens (including phenoxy) is 1. The van der Waals surface area contributed by atoms with E-state index in [0.29, 0.717) is 25.0 Å². The van der Waals surface area contributed by atoms with Crippen LogP contribution in [-0.2, 0) is 11.4 Å². The van der Waals surface area contributed by atoms with E-state index in [-0.39, 0.29) is 5.91 Å². The smallest absolute Gasteiger partial charge is 0.217 e. The lowest BCUT2D eigenvalue weighted by molar-refractivity contribution is -0.118. The van der Waals surface area contributed by atoms with Gasteiger partial charge in [-0.3, -0.25) is 4.79 Å². The highest BCUT2D eigenvalue weighted by Crippen LogP contribution is 2.41. The molecular weight excluding hydrogens is 392 g/mol. The highest BCUT2D eigenvalue weighted by atomic mass is 79.9. The van der Waals surface area contributed by atoms with Gasteiger partial charge in [-0.25, -0.2) is 0 Å². The summed E-state index contributed by atoms with van der Waals surface area (Å²) in [6, 6.07) is 17.1. The van der Waals surface area contributed by atoms with Gasteiger partial charge in [-0.05, 0) is 61.2 Å². The van der Waals surface area contributed by atoms with E-state index in [1.165, 1.54) is 12.0 Å². The maximum Gasteiger partial charge on any atom is 0.217 e. The predicted molar refractivity (Wildman–Crippen MR) is 107 cm³/mol. The number of carbonyl (C=O) groups is 1. The van der Waals surface area contributed by atoms with Crippen LogP contribution in [0.1, 0.15) is 42.7 Å².